The maximum atomic E-state index is 11.1. The van der Waals surface area contributed by atoms with E-state index in [0.717, 1.165) is 0 Å². The quantitative estimate of drug-likeness (QED) is 0.484. The normalized spacial score (nSPS) is 9.08. The van der Waals surface area contributed by atoms with E-state index in [4.69, 9.17) is 0 Å². The SMILES string of the molecule is O=C(I)NC(=O)c1ccccc1. The maximum absolute atomic E-state index is 11.1. The van der Waals surface area contributed by atoms with Gasteiger partial charge in [0, 0.05) is 28.2 Å². The molecule has 1 N–H and O–H groups in total. The molecule has 0 aromatic heterocycles. The van der Waals surface area contributed by atoms with Crippen LogP contribution in [-0.2, 0) is 0 Å². The van der Waals surface area contributed by atoms with Crippen molar-refractivity contribution in [2.24, 2.45) is 0 Å². The fraction of sp³-hybridized carbons (Fsp3) is 0. The predicted octanol–water partition coefficient (Wildman–Crippen LogP) is 1.97. The van der Waals surface area contributed by atoms with E-state index in [1.54, 1.807) is 24.3 Å². The van der Waals surface area contributed by atoms with Crippen LogP contribution in [0.5, 0.6) is 0 Å². The highest BCUT2D eigenvalue weighted by Crippen LogP contribution is 1.98. The lowest BCUT2D eigenvalue weighted by molar-refractivity contribution is 0.0970. The highest BCUT2D eigenvalue weighted by Gasteiger charge is 2.05. The molecular weight excluding hydrogens is 269 g/mol. The average Bonchev–Trinajstić information content (AvgIpc) is 2.05. The van der Waals surface area contributed by atoms with Gasteiger partial charge in [0.15, 0.2) is 0 Å². The summed E-state index contributed by atoms with van der Waals surface area (Å²) in [7, 11) is 0. The molecular formula is C8H6INO2. The number of hydrogen-bond acceptors (Lipinski definition) is 2. The van der Waals surface area contributed by atoms with Crippen molar-refractivity contribution in [3.63, 3.8) is 0 Å². The van der Waals surface area contributed by atoms with Gasteiger partial charge in [-0.2, -0.15) is 0 Å². The molecule has 0 unspecified atom stereocenters. The summed E-state index contributed by atoms with van der Waals surface area (Å²) < 4.78 is -0.374. The Morgan fingerprint density at radius 2 is 1.75 bits per heavy atom. The lowest BCUT2D eigenvalue weighted by Gasteiger charge is -1.97. The number of carbonyl (C=O) groups is 2. The number of nitrogens with one attached hydrogen (secondary N) is 1. The second kappa shape index (κ2) is 4.20. The monoisotopic (exact) mass is 275 g/mol. The molecule has 0 aliphatic rings. The number of amides is 2. The molecule has 0 heterocycles. The van der Waals surface area contributed by atoms with Crippen molar-refractivity contribution >= 4 is 32.4 Å². The van der Waals surface area contributed by atoms with Gasteiger partial charge in [0.05, 0.1) is 0 Å². The minimum Gasteiger partial charge on any atom is -0.284 e. The Morgan fingerprint density at radius 1 is 1.17 bits per heavy atom. The zero-order valence-corrected chi connectivity index (χ0v) is 8.24. The summed E-state index contributed by atoms with van der Waals surface area (Å²) in [4.78, 5) is 21.6. The number of halogens is 1. The van der Waals surface area contributed by atoms with Gasteiger partial charge < -0.3 is 0 Å². The standard InChI is InChI=1S/C8H6INO2/c9-8(12)10-7(11)6-4-2-1-3-5-6/h1-5H,(H,10,11,12). The molecule has 0 aliphatic carbocycles. The Bertz CT molecular complexity index is 297. The molecule has 0 saturated carbocycles. The molecule has 1 aromatic carbocycles. The summed E-state index contributed by atoms with van der Waals surface area (Å²) >= 11 is 1.51. The molecule has 4 heteroatoms. The first kappa shape index (κ1) is 9.18. The first-order valence-corrected chi connectivity index (χ1v) is 4.34. The number of benzene rings is 1. The van der Waals surface area contributed by atoms with Crippen LogP contribution in [0.25, 0.3) is 0 Å². The molecule has 2 amide bonds. The highest BCUT2D eigenvalue weighted by molar-refractivity contribution is 14.1. The minimum absolute atomic E-state index is 0.366. The second-order valence-corrected chi connectivity index (χ2v) is 3.07. The van der Waals surface area contributed by atoms with Crippen LogP contribution < -0.4 is 5.32 Å². The van der Waals surface area contributed by atoms with Crippen LogP contribution in [0.15, 0.2) is 30.3 Å². The molecule has 62 valence electrons. The van der Waals surface area contributed by atoms with Crippen molar-refractivity contribution < 1.29 is 9.59 Å². The lowest BCUT2D eigenvalue weighted by atomic mass is 10.2. The zero-order valence-electron chi connectivity index (χ0n) is 6.08. The lowest BCUT2D eigenvalue weighted by Crippen LogP contribution is -2.24. The Labute approximate surface area is 83.3 Å². The van der Waals surface area contributed by atoms with E-state index in [1.807, 2.05) is 6.07 Å². The number of rotatable bonds is 1. The molecule has 0 radical (unpaired) electrons. The summed E-state index contributed by atoms with van der Waals surface area (Å²) in [6.45, 7) is 0. The molecule has 0 bridgehead atoms. The summed E-state index contributed by atoms with van der Waals surface area (Å²) in [5.74, 6) is -0.366. The summed E-state index contributed by atoms with van der Waals surface area (Å²) in [6, 6.07) is 8.59. The van der Waals surface area contributed by atoms with Crippen LogP contribution in [0.3, 0.4) is 0 Å². The molecule has 3 nitrogen and oxygen atoms in total. The number of carbonyl (C=O) groups excluding carboxylic acids is 2. The van der Waals surface area contributed by atoms with Gasteiger partial charge in [0.25, 0.3) is 9.82 Å². The van der Waals surface area contributed by atoms with Crippen molar-refractivity contribution in [2.75, 3.05) is 0 Å². The summed E-state index contributed by atoms with van der Waals surface area (Å²) in [6.07, 6.45) is 0. The Balaban J connectivity index is 2.73. The first-order chi connectivity index (χ1) is 5.70. The summed E-state index contributed by atoms with van der Waals surface area (Å²) in [5.41, 5.74) is 0.488. The van der Waals surface area contributed by atoms with Crippen LogP contribution in [0.2, 0.25) is 0 Å². The van der Waals surface area contributed by atoms with Crippen LogP contribution >= 0.6 is 22.6 Å². The van der Waals surface area contributed by atoms with E-state index >= 15 is 0 Å². The average molecular weight is 275 g/mol. The molecule has 1 rings (SSSR count). The van der Waals surface area contributed by atoms with Gasteiger partial charge in [-0.1, -0.05) is 18.2 Å². The van der Waals surface area contributed by atoms with Crippen LogP contribution in [0.1, 0.15) is 10.4 Å². The van der Waals surface area contributed by atoms with E-state index in [2.05, 4.69) is 5.32 Å². The van der Waals surface area contributed by atoms with E-state index in [0.29, 0.717) is 5.56 Å². The van der Waals surface area contributed by atoms with Gasteiger partial charge in [-0.25, -0.2) is 0 Å². The Morgan fingerprint density at radius 3 is 2.25 bits per heavy atom. The predicted molar refractivity (Wildman–Crippen MR) is 53.3 cm³/mol. The van der Waals surface area contributed by atoms with Gasteiger partial charge in [0.1, 0.15) is 0 Å². The Hall–Kier alpha value is -0.910. The summed E-state index contributed by atoms with van der Waals surface area (Å²) in [5, 5.41) is 2.17. The molecule has 0 spiro atoms. The molecule has 0 aliphatic heterocycles. The van der Waals surface area contributed by atoms with Gasteiger partial charge >= 0.3 is 0 Å². The topological polar surface area (TPSA) is 46.2 Å². The van der Waals surface area contributed by atoms with Gasteiger partial charge in [0.2, 0.25) is 0 Å². The smallest absolute Gasteiger partial charge is 0.284 e. The minimum atomic E-state index is -0.374. The van der Waals surface area contributed by atoms with E-state index in [9.17, 15) is 9.59 Å². The van der Waals surface area contributed by atoms with Crippen molar-refractivity contribution in [3.05, 3.63) is 35.9 Å². The molecule has 0 atom stereocenters. The van der Waals surface area contributed by atoms with Crippen molar-refractivity contribution in [2.45, 2.75) is 0 Å². The van der Waals surface area contributed by atoms with E-state index in [-0.39, 0.29) is 9.82 Å². The van der Waals surface area contributed by atoms with Gasteiger partial charge in [-0.15, -0.1) is 0 Å². The number of hydrogen-bond donors (Lipinski definition) is 1. The fourth-order valence-corrected chi connectivity index (χ4v) is 0.996. The largest absolute Gasteiger partial charge is 0.287 e. The van der Waals surface area contributed by atoms with Crippen LogP contribution in [0.4, 0.5) is 4.79 Å². The van der Waals surface area contributed by atoms with Crippen molar-refractivity contribution in [1.82, 2.24) is 5.32 Å². The van der Waals surface area contributed by atoms with E-state index < -0.39 is 0 Å². The first-order valence-electron chi connectivity index (χ1n) is 3.26. The molecule has 0 fully saturated rings. The number of imide groups is 1. The maximum Gasteiger partial charge on any atom is 0.287 e. The molecule has 12 heavy (non-hydrogen) atoms. The molecule has 1 aromatic rings. The highest BCUT2D eigenvalue weighted by atomic mass is 127. The molecule has 0 saturated heterocycles. The third kappa shape index (κ3) is 2.61. The third-order valence-electron chi connectivity index (χ3n) is 1.25. The van der Waals surface area contributed by atoms with E-state index in [1.165, 1.54) is 22.6 Å². The Kier molecular flexibility index (Phi) is 3.21. The third-order valence-corrected chi connectivity index (χ3v) is 1.52. The van der Waals surface area contributed by atoms with Crippen LogP contribution in [0, 0.1) is 0 Å². The van der Waals surface area contributed by atoms with Crippen LogP contribution in [-0.4, -0.2) is 9.82 Å². The van der Waals surface area contributed by atoms with Crippen molar-refractivity contribution in [3.8, 4) is 0 Å². The zero-order chi connectivity index (χ0) is 8.97. The fourth-order valence-electron chi connectivity index (χ4n) is 0.751. The van der Waals surface area contributed by atoms with Gasteiger partial charge in [-0.05, 0) is 12.1 Å². The van der Waals surface area contributed by atoms with Crippen molar-refractivity contribution in [1.29, 1.82) is 0 Å². The van der Waals surface area contributed by atoms with Gasteiger partial charge in [-0.3, -0.25) is 14.9 Å². The second-order valence-electron chi connectivity index (χ2n) is 2.09.